The number of H-pyrrole nitrogens is 1. The first kappa shape index (κ1) is 17.7. The Labute approximate surface area is 151 Å². The lowest BCUT2D eigenvalue weighted by Gasteiger charge is -2.34. The van der Waals surface area contributed by atoms with Crippen LogP contribution in [0.3, 0.4) is 0 Å². The summed E-state index contributed by atoms with van der Waals surface area (Å²) in [5, 5.41) is 0.501. The molecule has 1 aliphatic heterocycles. The van der Waals surface area contributed by atoms with Crippen LogP contribution in [-0.2, 0) is 11.3 Å². The van der Waals surface area contributed by atoms with E-state index in [0.29, 0.717) is 16.6 Å². The highest BCUT2D eigenvalue weighted by atomic mass is 32.2. The Kier molecular flexibility index (Phi) is 5.88. The van der Waals surface area contributed by atoms with Crippen molar-refractivity contribution in [3.05, 3.63) is 58.0 Å². The van der Waals surface area contributed by atoms with Crippen molar-refractivity contribution in [2.24, 2.45) is 0 Å². The van der Waals surface area contributed by atoms with Gasteiger partial charge in [-0.2, -0.15) is 0 Å². The van der Waals surface area contributed by atoms with E-state index in [1.54, 1.807) is 6.92 Å². The molecule has 1 fully saturated rings. The van der Waals surface area contributed by atoms with Crippen molar-refractivity contribution >= 4 is 17.7 Å². The minimum Gasteiger partial charge on any atom is -0.339 e. The summed E-state index contributed by atoms with van der Waals surface area (Å²) in [7, 11) is 0. The molecule has 1 amide bonds. The lowest BCUT2D eigenvalue weighted by atomic mass is 10.2. The van der Waals surface area contributed by atoms with Crippen LogP contribution in [0, 0.1) is 6.92 Å². The van der Waals surface area contributed by atoms with E-state index in [1.165, 1.54) is 23.4 Å². The summed E-state index contributed by atoms with van der Waals surface area (Å²) in [6.45, 7) is 5.93. The summed E-state index contributed by atoms with van der Waals surface area (Å²) in [5.74, 6) is 0.388. The van der Waals surface area contributed by atoms with Gasteiger partial charge < -0.3 is 9.88 Å². The number of aromatic nitrogens is 2. The number of aromatic amines is 1. The first-order chi connectivity index (χ1) is 12.1. The maximum atomic E-state index is 12.4. The average molecular weight is 358 g/mol. The lowest BCUT2D eigenvalue weighted by molar-refractivity contribution is -0.130. The third kappa shape index (κ3) is 5.17. The maximum Gasteiger partial charge on any atom is 0.251 e. The summed E-state index contributed by atoms with van der Waals surface area (Å²) in [6.07, 6.45) is 0. The third-order valence-electron chi connectivity index (χ3n) is 4.15. The van der Waals surface area contributed by atoms with Crippen LogP contribution in [0.5, 0.6) is 0 Å². The van der Waals surface area contributed by atoms with Crippen molar-refractivity contribution < 1.29 is 4.79 Å². The van der Waals surface area contributed by atoms with E-state index in [-0.39, 0.29) is 11.5 Å². The Morgan fingerprint density at radius 3 is 2.60 bits per heavy atom. The highest BCUT2D eigenvalue weighted by Gasteiger charge is 2.21. The van der Waals surface area contributed by atoms with Crippen LogP contribution >= 0.6 is 11.8 Å². The Morgan fingerprint density at radius 2 is 1.92 bits per heavy atom. The number of hydrogen-bond acceptors (Lipinski definition) is 5. The normalized spacial score (nSPS) is 15.3. The van der Waals surface area contributed by atoms with E-state index >= 15 is 0 Å². The Morgan fingerprint density at radius 1 is 1.20 bits per heavy atom. The molecule has 2 heterocycles. The maximum absolute atomic E-state index is 12.4. The fourth-order valence-electron chi connectivity index (χ4n) is 2.84. The molecule has 7 heteroatoms. The highest BCUT2D eigenvalue weighted by molar-refractivity contribution is 7.99. The van der Waals surface area contributed by atoms with E-state index in [4.69, 9.17) is 0 Å². The molecule has 2 aromatic rings. The molecule has 132 valence electrons. The molecule has 0 unspecified atom stereocenters. The van der Waals surface area contributed by atoms with E-state index in [9.17, 15) is 9.59 Å². The van der Waals surface area contributed by atoms with Crippen LogP contribution in [0.2, 0.25) is 0 Å². The number of nitrogens with one attached hydrogen (secondary N) is 1. The zero-order chi connectivity index (χ0) is 17.6. The van der Waals surface area contributed by atoms with Crippen LogP contribution in [-0.4, -0.2) is 57.6 Å². The molecule has 0 saturated carbocycles. The summed E-state index contributed by atoms with van der Waals surface area (Å²) in [5.41, 5.74) is 1.78. The molecule has 0 radical (unpaired) electrons. The van der Waals surface area contributed by atoms with Crippen molar-refractivity contribution in [1.29, 1.82) is 0 Å². The number of amides is 1. The molecule has 0 spiro atoms. The number of benzene rings is 1. The number of rotatable bonds is 5. The van der Waals surface area contributed by atoms with Crippen molar-refractivity contribution in [3.8, 4) is 0 Å². The Balaban J connectivity index is 1.46. The van der Waals surface area contributed by atoms with Gasteiger partial charge in [-0.25, -0.2) is 4.98 Å². The SMILES string of the molecule is Cc1cc(=O)[nH]c(SCC(=O)N2CCN(Cc3ccccc3)CC2)n1. The molecule has 0 atom stereocenters. The van der Waals surface area contributed by atoms with Gasteiger partial charge in [-0.05, 0) is 12.5 Å². The fourth-order valence-corrected chi connectivity index (χ4v) is 3.66. The van der Waals surface area contributed by atoms with Crippen molar-refractivity contribution in [1.82, 2.24) is 19.8 Å². The molecular formula is C18H22N4O2S. The predicted molar refractivity (Wildman–Crippen MR) is 98.6 cm³/mol. The number of hydrogen-bond donors (Lipinski definition) is 1. The zero-order valence-corrected chi connectivity index (χ0v) is 15.1. The van der Waals surface area contributed by atoms with Crippen molar-refractivity contribution in [3.63, 3.8) is 0 Å². The first-order valence-corrected chi connectivity index (χ1v) is 9.33. The van der Waals surface area contributed by atoms with Gasteiger partial charge in [0.25, 0.3) is 5.56 Å². The summed E-state index contributed by atoms with van der Waals surface area (Å²) >= 11 is 1.28. The molecule has 1 aromatic carbocycles. The van der Waals surface area contributed by atoms with Gasteiger partial charge in [-0.1, -0.05) is 42.1 Å². The van der Waals surface area contributed by atoms with Crippen molar-refractivity contribution in [2.75, 3.05) is 31.9 Å². The molecule has 6 nitrogen and oxygen atoms in total. The van der Waals surface area contributed by atoms with Gasteiger partial charge in [0, 0.05) is 44.5 Å². The molecule has 0 aliphatic carbocycles. The van der Waals surface area contributed by atoms with Gasteiger partial charge in [0.1, 0.15) is 0 Å². The monoisotopic (exact) mass is 358 g/mol. The summed E-state index contributed by atoms with van der Waals surface area (Å²) in [6, 6.07) is 11.8. The number of piperazine rings is 1. The van der Waals surface area contributed by atoms with Gasteiger partial charge in [0.05, 0.1) is 5.75 Å². The van der Waals surface area contributed by atoms with E-state index < -0.39 is 0 Å². The summed E-state index contributed by atoms with van der Waals surface area (Å²) < 4.78 is 0. The second-order valence-corrected chi connectivity index (χ2v) is 7.09. The highest BCUT2D eigenvalue weighted by Crippen LogP contribution is 2.14. The molecule has 0 bridgehead atoms. The van der Waals surface area contributed by atoms with Gasteiger partial charge in [0.15, 0.2) is 5.16 Å². The Bertz CT molecular complexity index is 770. The smallest absolute Gasteiger partial charge is 0.251 e. The van der Waals surface area contributed by atoms with E-state index in [1.807, 2.05) is 11.0 Å². The molecular weight excluding hydrogens is 336 g/mol. The van der Waals surface area contributed by atoms with Crippen LogP contribution in [0.1, 0.15) is 11.3 Å². The van der Waals surface area contributed by atoms with E-state index in [2.05, 4.69) is 39.1 Å². The standard InChI is InChI=1S/C18H22N4O2S/c1-14-11-16(23)20-18(19-14)25-13-17(24)22-9-7-21(8-10-22)12-15-5-3-2-4-6-15/h2-6,11H,7-10,12-13H2,1H3,(H,19,20,23). The largest absolute Gasteiger partial charge is 0.339 e. The van der Waals surface area contributed by atoms with Gasteiger partial charge >= 0.3 is 0 Å². The number of aryl methyl sites for hydroxylation is 1. The Hall–Kier alpha value is -2.12. The minimum atomic E-state index is -0.183. The fraction of sp³-hybridized carbons (Fsp3) is 0.389. The van der Waals surface area contributed by atoms with Crippen LogP contribution in [0.4, 0.5) is 0 Å². The number of carbonyl (C=O) groups excluding carboxylic acids is 1. The molecule has 1 aromatic heterocycles. The van der Waals surface area contributed by atoms with Crippen LogP contribution in [0.25, 0.3) is 0 Å². The van der Waals surface area contributed by atoms with Crippen LogP contribution in [0.15, 0.2) is 46.3 Å². The molecule has 3 rings (SSSR count). The zero-order valence-electron chi connectivity index (χ0n) is 14.3. The number of nitrogens with zero attached hydrogens (tertiary/aromatic N) is 3. The molecule has 1 aliphatic rings. The van der Waals surface area contributed by atoms with Gasteiger partial charge in [-0.15, -0.1) is 0 Å². The van der Waals surface area contributed by atoms with Gasteiger partial charge in [0.2, 0.25) is 5.91 Å². The summed E-state index contributed by atoms with van der Waals surface area (Å²) in [4.78, 5) is 35.0. The van der Waals surface area contributed by atoms with Crippen LogP contribution < -0.4 is 5.56 Å². The second-order valence-electron chi connectivity index (χ2n) is 6.12. The number of thioether (sulfide) groups is 1. The lowest BCUT2D eigenvalue weighted by Crippen LogP contribution is -2.48. The average Bonchev–Trinajstić information content (AvgIpc) is 2.60. The van der Waals surface area contributed by atoms with Gasteiger partial charge in [-0.3, -0.25) is 14.5 Å². The molecule has 25 heavy (non-hydrogen) atoms. The quantitative estimate of drug-likeness (QED) is 0.648. The van der Waals surface area contributed by atoms with Crippen molar-refractivity contribution in [2.45, 2.75) is 18.6 Å². The van der Waals surface area contributed by atoms with E-state index in [0.717, 1.165) is 32.7 Å². The first-order valence-electron chi connectivity index (χ1n) is 8.35. The predicted octanol–water partition coefficient (Wildman–Crippen LogP) is 1.51. The molecule has 1 N–H and O–H groups in total. The minimum absolute atomic E-state index is 0.0912. The number of carbonyl (C=O) groups is 1. The topological polar surface area (TPSA) is 69.3 Å². The molecule has 1 saturated heterocycles. The second kappa shape index (κ2) is 8.31. The third-order valence-corrected chi connectivity index (χ3v) is 5.01.